The molecule has 3 unspecified atom stereocenters. The summed E-state index contributed by atoms with van der Waals surface area (Å²) in [6, 6.07) is 0. The van der Waals surface area contributed by atoms with Crippen molar-refractivity contribution in [3.8, 4) is 12.3 Å². The Morgan fingerprint density at radius 2 is 2.33 bits per heavy atom. The molecule has 1 aliphatic heterocycles. The molecule has 0 aromatic carbocycles. The summed E-state index contributed by atoms with van der Waals surface area (Å²) in [7, 11) is 0. The van der Waals surface area contributed by atoms with E-state index in [1.165, 1.54) is 11.4 Å². The smallest absolute Gasteiger partial charge is 0.188 e. The van der Waals surface area contributed by atoms with Crippen molar-refractivity contribution in [2.45, 2.75) is 19.1 Å². The van der Waals surface area contributed by atoms with Crippen LogP contribution < -0.4 is 0 Å². The van der Waals surface area contributed by atoms with Crippen LogP contribution in [0.5, 0.6) is 0 Å². The molecule has 12 heavy (non-hydrogen) atoms. The van der Waals surface area contributed by atoms with Gasteiger partial charge in [0.15, 0.2) is 5.55 Å². The third-order valence-corrected chi connectivity index (χ3v) is 10.2. The maximum absolute atomic E-state index is 11.7. The van der Waals surface area contributed by atoms with Crippen LogP contribution in [0.1, 0.15) is 13.8 Å². The summed E-state index contributed by atoms with van der Waals surface area (Å²) in [6.07, 6.45) is 5.45. The molecule has 0 N–H and O–H groups in total. The van der Waals surface area contributed by atoms with E-state index in [1.54, 1.807) is 11.4 Å². The Morgan fingerprint density at radius 1 is 1.75 bits per heavy atom. The Labute approximate surface area is 82.3 Å². The molecular weight excluding hydrogens is 207 g/mol. The quantitative estimate of drug-likeness (QED) is 0.460. The first-order valence-corrected chi connectivity index (χ1v) is 9.01. The normalized spacial score (nSPS) is 48.3. The number of terminal acetylenes is 1. The zero-order valence-electron chi connectivity index (χ0n) is 7.53. The first-order valence-electron chi connectivity index (χ1n) is 3.78. The van der Waals surface area contributed by atoms with Crippen LogP contribution in [-0.2, 0) is 4.57 Å². The highest BCUT2D eigenvalue weighted by Crippen LogP contribution is 2.73. The van der Waals surface area contributed by atoms with Gasteiger partial charge in [-0.15, -0.1) is 6.42 Å². The van der Waals surface area contributed by atoms with Gasteiger partial charge < -0.3 is 4.57 Å². The molecule has 1 fully saturated rings. The van der Waals surface area contributed by atoms with Crippen LogP contribution in [0.4, 0.5) is 0 Å². The van der Waals surface area contributed by atoms with Gasteiger partial charge in [0, 0.05) is 23.1 Å². The van der Waals surface area contributed by atoms with E-state index in [0.717, 1.165) is 5.75 Å². The molecule has 1 saturated heterocycles. The predicted molar refractivity (Wildman–Crippen MR) is 60.0 cm³/mol. The highest BCUT2D eigenvalue weighted by molar-refractivity contribution is 8.90. The van der Waals surface area contributed by atoms with Crippen molar-refractivity contribution >= 4 is 28.3 Å². The van der Waals surface area contributed by atoms with E-state index in [9.17, 15) is 4.57 Å². The summed E-state index contributed by atoms with van der Waals surface area (Å²) < 4.78 is 11.7. The second-order valence-corrected chi connectivity index (χ2v) is 12.6. The Kier molecular flexibility index (Phi) is 2.93. The van der Waals surface area contributed by atoms with Crippen molar-refractivity contribution in [1.82, 2.24) is 0 Å². The Bertz CT molecular complexity index is 271. The van der Waals surface area contributed by atoms with Gasteiger partial charge in [-0.05, 0) is 6.92 Å². The molecule has 1 aliphatic rings. The molecule has 0 radical (unpaired) electrons. The molecular formula is C8H13OPS2. The van der Waals surface area contributed by atoms with E-state index in [2.05, 4.69) is 19.8 Å². The molecule has 4 heteroatoms. The standard InChI is InChI=1S/C8H13OPS2/c1-5-8(3)6-11-10(4,9)12-7(8)2/h1,7H,6H2,2-4H3. The fourth-order valence-corrected chi connectivity index (χ4v) is 9.22. The Morgan fingerprint density at radius 3 is 2.75 bits per heavy atom. The minimum atomic E-state index is -2.00. The van der Waals surface area contributed by atoms with E-state index in [1.807, 2.05) is 6.66 Å². The molecule has 3 atom stereocenters. The van der Waals surface area contributed by atoms with Crippen LogP contribution in [-0.4, -0.2) is 17.7 Å². The lowest BCUT2D eigenvalue weighted by atomic mass is 9.91. The molecule has 1 rings (SSSR count). The molecule has 1 heterocycles. The third-order valence-electron chi connectivity index (χ3n) is 2.18. The predicted octanol–water partition coefficient (Wildman–Crippen LogP) is 3.32. The average molecular weight is 220 g/mol. The van der Waals surface area contributed by atoms with E-state index in [0.29, 0.717) is 5.25 Å². The third kappa shape index (κ3) is 2.05. The molecule has 0 saturated carbocycles. The minimum absolute atomic E-state index is 0.0841. The number of hydrogen-bond acceptors (Lipinski definition) is 3. The summed E-state index contributed by atoms with van der Waals surface area (Å²) in [4.78, 5) is 0. The molecule has 68 valence electrons. The summed E-state index contributed by atoms with van der Waals surface area (Å²) >= 11 is 3.08. The largest absolute Gasteiger partial charge is 0.301 e. The lowest BCUT2D eigenvalue weighted by Gasteiger charge is -2.36. The number of rotatable bonds is 0. The van der Waals surface area contributed by atoms with Crippen LogP contribution in [0.15, 0.2) is 0 Å². The van der Waals surface area contributed by atoms with E-state index in [4.69, 9.17) is 6.42 Å². The van der Waals surface area contributed by atoms with E-state index >= 15 is 0 Å². The molecule has 0 spiro atoms. The Hall–Kier alpha value is 0.490. The minimum Gasteiger partial charge on any atom is -0.301 e. The van der Waals surface area contributed by atoms with Crippen molar-refractivity contribution < 1.29 is 4.57 Å². The summed E-state index contributed by atoms with van der Waals surface area (Å²) in [5.74, 6) is 3.63. The average Bonchev–Trinajstić information content (AvgIpc) is 1.97. The molecule has 0 aromatic rings. The first kappa shape index (κ1) is 10.6. The number of hydrogen-bond donors (Lipinski definition) is 0. The van der Waals surface area contributed by atoms with Gasteiger partial charge in [0.1, 0.15) is 0 Å². The van der Waals surface area contributed by atoms with Gasteiger partial charge in [0.2, 0.25) is 0 Å². The SMILES string of the molecule is C#CC1(C)CSP(C)(=O)SC1C. The topological polar surface area (TPSA) is 17.1 Å². The van der Waals surface area contributed by atoms with Crippen LogP contribution in [0, 0.1) is 17.8 Å². The van der Waals surface area contributed by atoms with Gasteiger partial charge in [-0.2, -0.15) is 0 Å². The van der Waals surface area contributed by atoms with Gasteiger partial charge in [0.05, 0.1) is 0 Å². The lowest BCUT2D eigenvalue weighted by Crippen LogP contribution is -2.30. The van der Waals surface area contributed by atoms with Crippen molar-refractivity contribution in [2.75, 3.05) is 12.4 Å². The van der Waals surface area contributed by atoms with Gasteiger partial charge in [-0.1, -0.05) is 35.6 Å². The van der Waals surface area contributed by atoms with Crippen LogP contribution in [0.3, 0.4) is 0 Å². The molecule has 0 bridgehead atoms. The van der Waals surface area contributed by atoms with Crippen LogP contribution in [0.25, 0.3) is 0 Å². The first-order chi connectivity index (χ1) is 5.40. The zero-order valence-corrected chi connectivity index (χ0v) is 10.1. The molecule has 0 aliphatic carbocycles. The summed E-state index contributed by atoms with van der Waals surface area (Å²) in [6.45, 7) is 5.96. The van der Waals surface area contributed by atoms with E-state index in [-0.39, 0.29) is 5.41 Å². The molecule has 1 nitrogen and oxygen atoms in total. The van der Waals surface area contributed by atoms with Gasteiger partial charge in [-0.25, -0.2) is 0 Å². The fraction of sp³-hybridized carbons (Fsp3) is 0.750. The van der Waals surface area contributed by atoms with Crippen molar-refractivity contribution in [1.29, 1.82) is 0 Å². The highest BCUT2D eigenvalue weighted by atomic mass is 33.1. The fourth-order valence-electron chi connectivity index (χ4n) is 0.962. The zero-order chi connectivity index (χ0) is 9.41. The van der Waals surface area contributed by atoms with Gasteiger partial charge in [-0.3, -0.25) is 0 Å². The molecule has 0 amide bonds. The van der Waals surface area contributed by atoms with E-state index < -0.39 is 5.55 Å². The second-order valence-electron chi connectivity index (χ2n) is 3.35. The summed E-state index contributed by atoms with van der Waals surface area (Å²) in [5, 5.41) is 0.305. The van der Waals surface area contributed by atoms with Gasteiger partial charge in [0.25, 0.3) is 0 Å². The maximum atomic E-state index is 11.7. The lowest BCUT2D eigenvalue weighted by molar-refractivity contribution is 0.510. The monoisotopic (exact) mass is 220 g/mol. The highest BCUT2D eigenvalue weighted by Gasteiger charge is 2.40. The molecule has 0 aromatic heterocycles. The van der Waals surface area contributed by atoms with Crippen molar-refractivity contribution in [3.63, 3.8) is 0 Å². The van der Waals surface area contributed by atoms with Crippen molar-refractivity contribution in [3.05, 3.63) is 0 Å². The summed E-state index contributed by atoms with van der Waals surface area (Å²) in [5.41, 5.74) is -2.08. The maximum Gasteiger partial charge on any atom is 0.188 e. The van der Waals surface area contributed by atoms with Crippen molar-refractivity contribution in [2.24, 2.45) is 5.41 Å². The van der Waals surface area contributed by atoms with Gasteiger partial charge >= 0.3 is 0 Å². The Balaban J connectivity index is 2.81. The van der Waals surface area contributed by atoms with Crippen LogP contribution >= 0.6 is 28.3 Å². The second kappa shape index (κ2) is 3.33. The van der Waals surface area contributed by atoms with Crippen LogP contribution in [0.2, 0.25) is 0 Å².